The van der Waals surface area contributed by atoms with E-state index in [1.54, 1.807) is 18.2 Å². The van der Waals surface area contributed by atoms with Gasteiger partial charge in [-0.15, -0.1) is 0 Å². The number of aromatic nitrogens is 3. The minimum Gasteiger partial charge on any atom is -0.435 e. The summed E-state index contributed by atoms with van der Waals surface area (Å²) in [5.41, 5.74) is 5.91. The van der Waals surface area contributed by atoms with Crippen LogP contribution < -0.4 is 16.0 Å². The van der Waals surface area contributed by atoms with Gasteiger partial charge in [-0.1, -0.05) is 47.5 Å². The predicted molar refractivity (Wildman–Crippen MR) is 193 cm³/mol. The molecule has 0 saturated carbocycles. The Kier molecular flexibility index (Phi) is 9.88. The first-order chi connectivity index (χ1) is 24.3. The van der Waals surface area contributed by atoms with E-state index in [1.807, 2.05) is 41.1 Å². The number of nitrogens with one attached hydrogen (secondary N) is 3. The molecule has 0 bridgehead atoms. The summed E-state index contributed by atoms with van der Waals surface area (Å²) >= 11 is 14.0. The number of likely N-dealkylation sites (tertiary alicyclic amines) is 1. The Morgan fingerprint density at radius 3 is 2.52 bits per heavy atom. The number of hydrogen-bond donors (Lipinski definition) is 3. The zero-order valence-corrected chi connectivity index (χ0v) is 29.1. The SMILES string of the molecule is CC(=O)NCCNC1CCCn2nc(C(=O)Nc3cccc(-c4cccc(-c5nc6cc(CN7CCCC7)cc(C#N)c6o5)c4Cl)c3Cl)cc21. The van der Waals surface area contributed by atoms with Gasteiger partial charge in [0.05, 0.1) is 32.6 Å². The maximum absolute atomic E-state index is 13.5. The molecule has 2 amide bonds. The molecule has 50 heavy (non-hydrogen) atoms. The highest BCUT2D eigenvalue weighted by Crippen LogP contribution is 2.42. The number of amides is 2. The molecular weight excluding hydrogens is 675 g/mol. The van der Waals surface area contributed by atoms with Crippen molar-refractivity contribution in [3.63, 3.8) is 0 Å². The van der Waals surface area contributed by atoms with Crippen LogP contribution in [0.5, 0.6) is 0 Å². The van der Waals surface area contributed by atoms with Crippen molar-refractivity contribution in [2.24, 2.45) is 0 Å². The van der Waals surface area contributed by atoms with Gasteiger partial charge in [0.25, 0.3) is 5.91 Å². The third kappa shape index (κ3) is 6.98. The van der Waals surface area contributed by atoms with Crippen LogP contribution in [-0.4, -0.2) is 57.7 Å². The molecule has 11 nitrogen and oxygen atoms in total. The van der Waals surface area contributed by atoms with Crippen molar-refractivity contribution < 1.29 is 14.0 Å². The maximum Gasteiger partial charge on any atom is 0.276 e. The lowest BCUT2D eigenvalue weighted by Crippen LogP contribution is -2.34. The normalized spacial score (nSPS) is 15.9. The molecule has 2 aliphatic rings. The molecule has 1 atom stereocenters. The number of aryl methyl sites for hydroxylation is 1. The highest BCUT2D eigenvalue weighted by molar-refractivity contribution is 6.39. The van der Waals surface area contributed by atoms with E-state index in [4.69, 9.17) is 32.6 Å². The molecule has 0 aliphatic carbocycles. The first kappa shape index (κ1) is 33.8. The van der Waals surface area contributed by atoms with Crippen molar-refractivity contribution in [3.8, 4) is 28.7 Å². The molecule has 3 N–H and O–H groups in total. The summed E-state index contributed by atoms with van der Waals surface area (Å²) < 4.78 is 8.01. The third-order valence-electron chi connectivity index (χ3n) is 9.19. The van der Waals surface area contributed by atoms with Crippen LogP contribution >= 0.6 is 23.2 Å². The Hall–Kier alpha value is -4.73. The summed E-state index contributed by atoms with van der Waals surface area (Å²) in [6.45, 7) is 6.19. The third-order valence-corrected chi connectivity index (χ3v) is 10.0. The number of fused-ring (bicyclic) bond motifs is 2. The van der Waals surface area contributed by atoms with Crippen molar-refractivity contribution in [1.29, 1.82) is 5.26 Å². The standard InChI is InChI=1S/C37H36Cl2N8O3/c1-22(48)41-12-13-42-28-11-6-16-47-32(28)19-31(45-47)36(49)43-29-10-5-8-26(34(29)39)25-7-4-9-27(33(25)38)37-44-30-18-23(21-46-14-2-3-15-46)17-24(20-40)35(30)50-37/h4-5,7-10,17-19,28,42H,2-3,6,11-16,21H2,1H3,(H,41,48)(H,43,49). The fourth-order valence-corrected chi connectivity index (χ4v) is 7.38. The van der Waals surface area contributed by atoms with Crippen LogP contribution in [0, 0.1) is 11.3 Å². The van der Waals surface area contributed by atoms with Crippen molar-refractivity contribution in [2.45, 2.75) is 51.7 Å². The predicted octanol–water partition coefficient (Wildman–Crippen LogP) is 6.95. The zero-order valence-electron chi connectivity index (χ0n) is 27.6. The summed E-state index contributed by atoms with van der Waals surface area (Å²) in [5, 5.41) is 24.3. The molecule has 3 aromatic carbocycles. The van der Waals surface area contributed by atoms with Crippen molar-refractivity contribution in [3.05, 3.63) is 87.2 Å². The number of oxazole rings is 1. The average molecular weight is 712 g/mol. The number of nitrogens with zero attached hydrogens (tertiary/aromatic N) is 5. The molecule has 2 aliphatic heterocycles. The van der Waals surface area contributed by atoms with Gasteiger partial charge in [0.15, 0.2) is 11.3 Å². The van der Waals surface area contributed by atoms with Gasteiger partial charge in [0, 0.05) is 50.3 Å². The van der Waals surface area contributed by atoms with E-state index in [0.717, 1.165) is 50.3 Å². The van der Waals surface area contributed by atoms with Gasteiger partial charge in [-0.25, -0.2) is 4.98 Å². The highest BCUT2D eigenvalue weighted by atomic mass is 35.5. The monoisotopic (exact) mass is 710 g/mol. The zero-order chi connectivity index (χ0) is 34.8. The minimum absolute atomic E-state index is 0.0256. The second kappa shape index (κ2) is 14.6. The van der Waals surface area contributed by atoms with E-state index < -0.39 is 0 Å². The van der Waals surface area contributed by atoms with Gasteiger partial charge < -0.3 is 20.4 Å². The Morgan fingerprint density at radius 2 is 1.74 bits per heavy atom. The summed E-state index contributed by atoms with van der Waals surface area (Å²) in [7, 11) is 0. The van der Waals surface area contributed by atoms with E-state index >= 15 is 0 Å². The second-order valence-corrected chi connectivity index (χ2v) is 13.5. The van der Waals surface area contributed by atoms with Crippen LogP contribution in [0.25, 0.3) is 33.7 Å². The lowest BCUT2D eigenvalue weighted by Gasteiger charge is -2.24. The van der Waals surface area contributed by atoms with E-state index in [-0.39, 0.29) is 23.6 Å². The van der Waals surface area contributed by atoms with E-state index in [0.29, 0.717) is 68.1 Å². The molecule has 7 rings (SSSR count). The number of anilines is 1. The molecule has 0 spiro atoms. The van der Waals surface area contributed by atoms with E-state index in [1.165, 1.54) is 19.8 Å². The molecule has 1 unspecified atom stereocenters. The summed E-state index contributed by atoms with van der Waals surface area (Å²) in [6, 6.07) is 18.8. The number of nitriles is 1. The Labute approximate surface area is 299 Å². The summed E-state index contributed by atoms with van der Waals surface area (Å²) in [5.74, 6) is -0.155. The first-order valence-corrected chi connectivity index (χ1v) is 17.5. The maximum atomic E-state index is 13.5. The van der Waals surface area contributed by atoms with E-state index in [2.05, 4.69) is 32.0 Å². The van der Waals surface area contributed by atoms with Gasteiger partial charge >= 0.3 is 0 Å². The number of benzene rings is 3. The number of hydrogen-bond acceptors (Lipinski definition) is 8. The first-order valence-electron chi connectivity index (χ1n) is 16.8. The second-order valence-electron chi connectivity index (χ2n) is 12.7. The van der Waals surface area contributed by atoms with Gasteiger partial charge in [0.1, 0.15) is 11.6 Å². The number of halogens is 2. The Morgan fingerprint density at radius 1 is 0.980 bits per heavy atom. The minimum atomic E-state index is -0.383. The van der Waals surface area contributed by atoms with Crippen LogP contribution in [0.15, 0.2) is 59.0 Å². The van der Waals surface area contributed by atoms with Crippen molar-refractivity contribution in [1.82, 2.24) is 30.3 Å². The molecule has 13 heteroatoms. The van der Waals surface area contributed by atoms with Crippen LogP contribution in [0.1, 0.15) is 66.0 Å². The summed E-state index contributed by atoms with van der Waals surface area (Å²) in [4.78, 5) is 31.8. The van der Waals surface area contributed by atoms with Gasteiger partial charge in [-0.2, -0.15) is 10.4 Å². The van der Waals surface area contributed by atoms with Gasteiger partial charge in [-0.05, 0) is 74.7 Å². The smallest absolute Gasteiger partial charge is 0.276 e. The fourth-order valence-electron chi connectivity index (χ4n) is 6.79. The summed E-state index contributed by atoms with van der Waals surface area (Å²) in [6.07, 6.45) is 4.20. The Balaban J connectivity index is 1.12. The lowest BCUT2D eigenvalue weighted by atomic mass is 10.0. The van der Waals surface area contributed by atoms with Crippen molar-refractivity contribution in [2.75, 3.05) is 31.5 Å². The van der Waals surface area contributed by atoms with Gasteiger partial charge in [-0.3, -0.25) is 19.2 Å². The van der Waals surface area contributed by atoms with E-state index in [9.17, 15) is 14.9 Å². The largest absolute Gasteiger partial charge is 0.435 e. The number of rotatable bonds is 10. The molecular formula is C37H36Cl2N8O3. The van der Waals surface area contributed by atoms with Crippen molar-refractivity contribution >= 4 is 51.8 Å². The fraction of sp³-hybridized carbons (Fsp3) is 0.324. The quantitative estimate of drug-likeness (QED) is 0.132. The number of carbonyl (C=O) groups excluding carboxylic acids is 2. The van der Waals surface area contributed by atoms with Crippen LogP contribution in [-0.2, 0) is 17.9 Å². The van der Waals surface area contributed by atoms with Gasteiger partial charge in [0.2, 0.25) is 11.8 Å². The molecule has 4 heterocycles. The Bertz CT molecular complexity index is 2130. The highest BCUT2D eigenvalue weighted by Gasteiger charge is 2.25. The molecule has 256 valence electrons. The van der Waals surface area contributed by atoms with Crippen LogP contribution in [0.4, 0.5) is 5.69 Å². The molecule has 1 saturated heterocycles. The average Bonchev–Trinajstić information content (AvgIpc) is 3.88. The molecule has 2 aromatic heterocycles. The lowest BCUT2D eigenvalue weighted by molar-refractivity contribution is -0.118. The molecule has 5 aromatic rings. The molecule has 1 fully saturated rings. The van der Waals surface area contributed by atoms with Crippen LogP contribution in [0.2, 0.25) is 10.0 Å². The number of carbonyl (C=O) groups is 2. The van der Waals surface area contributed by atoms with Crippen LogP contribution in [0.3, 0.4) is 0 Å². The molecule has 0 radical (unpaired) electrons. The topological polar surface area (TPSA) is 141 Å².